The number of aromatic nitrogens is 2. The van der Waals surface area contributed by atoms with Crippen molar-refractivity contribution < 1.29 is 9.21 Å². The molecule has 2 aromatic heterocycles. The highest BCUT2D eigenvalue weighted by molar-refractivity contribution is 7.80. The van der Waals surface area contributed by atoms with Gasteiger partial charge in [-0.25, -0.2) is 4.98 Å². The molecule has 0 saturated heterocycles. The number of fused-ring (bicyclic) bond motifs is 2. The molecule has 0 atom stereocenters. The second-order valence-corrected chi connectivity index (χ2v) is 8.15. The molecule has 3 N–H and O–H groups in total. The number of carbonyl (C=O) groups is 1. The Kier molecular flexibility index (Phi) is 5.13. The number of benzene rings is 3. The molecule has 6 nitrogen and oxygen atoms in total. The lowest BCUT2D eigenvalue weighted by molar-refractivity contribution is 0.0953. The van der Waals surface area contributed by atoms with Crippen LogP contribution in [0.15, 0.2) is 71.1 Å². The second kappa shape index (κ2) is 8.11. The van der Waals surface area contributed by atoms with Crippen LogP contribution in [0.3, 0.4) is 0 Å². The van der Waals surface area contributed by atoms with Crippen LogP contribution < -0.4 is 10.6 Å². The van der Waals surface area contributed by atoms with Crippen LogP contribution in [0, 0.1) is 6.92 Å². The highest BCUT2D eigenvalue weighted by Crippen LogP contribution is 2.26. The number of rotatable bonds is 3. The van der Waals surface area contributed by atoms with Crippen molar-refractivity contribution in [2.45, 2.75) is 6.92 Å². The van der Waals surface area contributed by atoms with Gasteiger partial charge in [0.1, 0.15) is 11.4 Å². The van der Waals surface area contributed by atoms with E-state index in [0.717, 1.165) is 39.1 Å². The first kappa shape index (κ1) is 20.2. The number of anilines is 1. The van der Waals surface area contributed by atoms with Gasteiger partial charge in [0, 0.05) is 21.7 Å². The fraction of sp³-hybridized carbons (Fsp3) is 0.0417. The molecule has 8 heteroatoms. The Morgan fingerprint density at radius 1 is 1.09 bits per heavy atom. The Morgan fingerprint density at radius 3 is 2.66 bits per heavy atom. The maximum atomic E-state index is 12.4. The van der Waals surface area contributed by atoms with Crippen LogP contribution in [0.5, 0.6) is 0 Å². The molecule has 0 unspecified atom stereocenters. The molecule has 0 aliphatic carbocycles. The van der Waals surface area contributed by atoms with Crippen LogP contribution >= 0.6 is 23.8 Å². The van der Waals surface area contributed by atoms with Gasteiger partial charge in [-0.1, -0.05) is 29.8 Å². The number of furan rings is 1. The summed E-state index contributed by atoms with van der Waals surface area (Å²) in [5.74, 6) is 0.534. The molecule has 0 aliphatic heterocycles. The molecule has 1 amide bonds. The summed E-state index contributed by atoms with van der Waals surface area (Å²) in [6.07, 6.45) is 0. The van der Waals surface area contributed by atoms with Crippen molar-refractivity contribution in [1.29, 1.82) is 0 Å². The first-order chi connectivity index (χ1) is 15.5. The van der Waals surface area contributed by atoms with Crippen LogP contribution in [-0.4, -0.2) is 21.0 Å². The number of hydrogen-bond acceptors (Lipinski definition) is 4. The van der Waals surface area contributed by atoms with E-state index in [1.165, 1.54) is 0 Å². The van der Waals surface area contributed by atoms with Crippen molar-refractivity contribution in [3.05, 3.63) is 83.1 Å². The molecule has 0 bridgehead atoms. The van der Waals surface area contributed by atoms with E-state index in [9.17, 15) is 4.79 Å². The largest absolute Gasteiger partial charge is 0.451 e. The standard InChI is InChI=1S/C24H17ClN4O2S/c1-13-10-18-19(12-17(13)25)28-22(27-18)14-6-8-16(9-7-14)26-24(32)29-23(30)21-11-15-4-2-3-5-20(15)31-21/h2-12H,1H3,(H,27,28)(H2,26,29,30,32). The number of H-pyrrole nitrogens is 1. The zero-order valence-electron chi connectivity index (χ0n) is 16.9. The van der Waals surface area contributed by atoms with E-state index in [0.29, 0.717) is 10.6 Å². The number of nitrogens with zero attached hydrogens (tertiary/aromatic N) is 1. The molecule has 5 rings (SSSR count). The Morgan fingerprint density at radius 2 is 1.88 bits per heavy atom. The molecule has 5 aromatic rings. The molecular weight excluding hydrogens is 444 g/mol. The number of hydrogen-bond donors (Lipinski definition) is 3. The molecule has 0 saturated carbocycles. The topological polar surface area (TPSA) is 83.0 Å². The van der Waals surface area contributed by atoms with Crippen LogP contribution in [0.1, 0.15) is 16.1 Å². The van der Waals surface area contributed by atoms with Gasteiger partial charge in [0.2, 0.25) is 0 Å². The quantitative estimate of drug-likeness (QED) is 0.285. The Bertz CT molecular complexity index is 1420. The third-order valence-corrected chi connectivity index (χ3v) is 5.67. The van der Waals surface area contributed by atoms with Crippen LogP contribution in [-0.2, 0) is 0 Å². The minimum atomic E-state index is -0.411. The highest BCUT2D eigenvalue weighted by Gasteiger charge is 2.14. The molecule has 0 radical (unpaired) electrons. The number of halogens is 1. The Labute approximate surface area is 193 Å². The van der Waals surface area contributed by atoms with Crippen molar-refractivity contribution in [3.63, 3.8) is 0 Å². The van der Waals surface area contributed by atoms with E-state index >= 15 is 0 Å². The van der Waals surface area contributed by atoms with Crippen molar-refractivity contribution in [2.24, 2.45) is 0 Å². The summed E-state index contributed by atoms with van der Waals surface area (Å²) < 4.78 is 5.57. The average molecular weight is 461 g/mol. The number of imidazole rings is 1. The van der Waals surface area contributed by atoms with Gasteiger partial charge in [0.25, 0.3) is 5.91 Å². The number of aromatic amines is 1. The van der Waals surface area contributed by atoms with Gasteiger partial charge >= 0.3 is 0 Å². The van der Waals surface area contributed by atoms with Gasteiger partial charge in [0.15, 0.2) is 10.9 Å². The van der Waals surface area contributed by atoms with Gasteiger partial charge in [-0.3, -0.25) is 10.1 Å². The predicted molar refractivity (Wildman–Crippen MR) is 131 cm³/mol. The van der Waals surface area contributed by atoms with E-state index in [-0.39, 0.29) is 10.9 Å². The Balaban J connectivity index is 1.27. The molecule has 158 valence electrons. The van der Waals surface area contributed by atoms with Crippen LogP contribution in [0.4, 0.5) is 5.69 Å². The number of aryl methyl sites for hydroxylation is 1. The lowest BCUT2D eigenvalue weighted by Crippen LogP contribution is -2.33. The summed E-state index contributed by atoms with van der Waals surface area (Å²) in [5.41, 5.74) is 5.03. The summed E-state index contributed by atoms with van der Waals surface area (Å²) in [4.78, 5) is 20.4. The number of thiocarbonyl (C=S) groups is 1. The summed E-state index contributed by atoms with van der Waals surface area (Å²) in [5, 5.41) is 7.37. The van der Waals surface area contributed by atoms with Gasteiger partial charge in [-0.05, 0) is 73.2 Å². The van der Waals surface area contributed by atoms with Gasteiger partial charge < -0.3 is 14.7 Å². The lowest BCUT2D eigenvalue weighted by Gasteiger charge is -2.09. The number of para-hydroxylation sites is 1. The highest BCUT2D eigenvalue weighted by atomic mass is 35.5. The van der Waals surface area contributed by atoms with Crippen molar-refractivity contribution >= 4 is 62.5 Å². The second-order valence-electron chi connectivity index (χ2n) is 7.34. The first-order valence-corrected chi connectivity index (χ1v) is 10.6. The molecule has 0 aliphatic rings. The summed E-state index contributed by atoms with van der Waals surface area (Å²) in [6, 6.07) is 20.5. The average Bonchev–Trinajstić information content (AvgIpc) is 3.38. The van der Waals surface area contributed by atoms with Gasteiger partial charge in [-0.15, -0.1) is 0 Å². The van der Waals surface area contributed by atoms with E-state index in [2.05, 4.69) is 20.6 Å². The third-order valence-electron chi connectivity index (χ3n) is 5.05. The minimum Gasteiger partial charge on any atom is -0.451 e. The van der Waals surface area contributed by atoms with E-state index in [1.54, 1.807) is 6.07 Å². The smallest absolute Gasteiger partial charge is 0.293 e. The number of amides is 1. The van der Waals surface area contributed by atoms with Crippen LogP contribution in [0.2, 0.25) is 5.02 Å². The fourth-order valence-electron chi connectivity index (χ4n) is 3.41. The molecule has 0 fully saturated rings. The monoisotopic (exact) mass is 460 g/mol. The summed E-state index contributed by atoms with van der Waals surface area (Å²) in [7, 11) is 0. The molecule has 0 spiro atoms. The molecule has 3 aromatic carbocycles. The number of carbonyl (C=O) groups excluding carboxylic acids is 1. The van der Waals surface area contributed by atoms with Crippen LogP contribution in [0.25, 0.3) is 33.4 Å². The number of nitrogens with one attached hydrogen (secondary N) is 3. The lowest BCUT2D eigenvalue weighted by atomic mass is 10.2. The zero-order chi connectivity index (χ0) is 22.2. The minimum absolute atomic E-state index is 0.178. The molecule has 32 heavy (non-hydrogen) atoms. The van der Waals surface area contributed by atoms with E-state index < -0.39 is 5.91 Å². The zero-order valence-corrected chi connectivity index (χ0v) is 18.5. The predicted octanol–water partition coefficient (Wildman–Crippen LogP) is 6.06. The molecule has 2 heterocycles. The van der Waals surface area contributed by atoms with Crippen molar-refractivity contribution in [3.8, 4) is 11.4 Å². The maximum Gasteiger partial charge on any atom is 0.293 e. The first-order valence-electron chi connectivity index (χ1n) is 9.83. The van der Waals surface area contributed by atoms with E-state index in [1.807, 2.05) is 67.6 Å². The molecular formula is C24H17ClN4O2S. The maximum absolute atomic E-state index is 12.4. The van der Waals surface area contributed by atoms with Crippen molar-refractivity contribution in [1.82, 2.24) is 15.3 Å². The fourth-order valence-corrected chi connectivity index (χ4v) is 3.78. The van der Waals surface area contributed by atoms with Gasteiger partial charge in [0.05, 0.1) is 11.0 Å². The van der Waals surface area contributed by atoms with Crippen molar-refractivity contribution in [2.75, 3.05) is 5.32 Å². The SMILES string of the molecule is Cc1cc2[nH]c(-c3ccc(NC(=S)NC(=O)c4cc5ccccc5o4)cc3)nc2cc1Cl. The normalized spacial score (nSPS) is 11.1. The summed E-state index contributed by atoms with van der Waals surface area (Å²) >= 11 is 11.5. The summed E-state index contributed by atoms with van der Waals surface area (Å²) in [6.45, 7) is 1.96. The van der Waals surface area contributed by atoms with Gasteiger partial charge in [-0.2, -0.15) is 0 Å². The Hall–Kier alpha value is -3.68. The van der Waals surface area contributed by atoms with E-state index in [4.69, 9.17) is 28.2 Å². The third kappa shape index (κ3) is 3.95.